The zero-order chi connectivity index (χ0) is 20.5. The monoisotopic (exact) mass is 395 g/mol. The van der Waals surface area contributed by atoms with E-state index in [1.807, 2.05) is 25.7 Å². The molecule has 2 fully saturated rings. The standard InChI is InChI=1S/C20H27F2N3O3/c1-20(2,3)28-19(27)25-7-6-14(13-25)18(26)24-10-8-23(9-11-24)17-5-4-15(21)12-16(17)22/h4-5,12,14H,6-11,13H2,1-3H3. The van der Waals surface area contributed by atoms with Gasteiger partial charge in [0.05, 0.1) is 11.6 Å². The van der Waals surface area contributed by atoms with Crippen molar-refractivity contribution in [3.63, 3.8) is 0 Å². The van der Waals surface area contributed by atoms with Gasteiger partial charge in [0.25, 0.3) is 0 Å². The summed E-state index contributed by atoms with van der Waals surface area (Å²) in [7, 11) is 0. The molecule has 2 amide bonds. The van der Waals surface area contributed by atoms with Crippen LogP contribution in [-0.4, -0.2) is 66.7 Å². The molecule has 1 aromatic rings. The normalized spacial score (nSPS) is 20.5. The van der Waals surface area contributed by atoms with E-state index in [0.717, 1.165) is 6.07 Å². The number of hydrogen-bond donors (Lipinski definition) is 0. The van der Waals surface area contributed by atoms with E-state index in [0.29, 0.717) is 51.4 Å². The molecular formula is C20H27F2N3O3. The molecule has 1 unspecified atom stereocenters. The van der Waals surface area contributed by atoms with Gasteiger partial charge in [0.2, 0.25) is 5.91 Å². The number of likely N-dealkylation sites (tertiary alicyclic amines) is 1. The maximum atomic E-state index is 14.0. The Morgan fingerprint density at radius 2 is 1.71 bits per heavy atom. The van der Waals surface area contributed by atoms with Crippen LogP contribution >= 0.6 is 0 Å². The Morgan fingerprint density at radius 3 is 2.32 bits per heavy atom. The van der Waals surface area contributed by atoms with Crippen LogP contribution in [-0.2, 0) is 9.53 Å². The Hall–Kier alpha value is -2.38. The molecule has 0 saturated carbocycles. The number of carbonyl (C=O) groups excluding carboxylic acids is 2. The number of amides is 2. The van der Waals surface area contributed by atoms with Gasteiger partial charge in [-0.2, -0.15) is 0 Å². The van der Waals surface area contributed by atoms with Crippen molar-refractivity contribution in [1.29, 1.82) is 0 Å². The van der Waals surface area contributed by atoms with Crippen LogP contribution in [0.15, 0.2) is 18.2 Å². The molecule has 6 nitrogen and oxygen atoms in total. The van der Waals surface area contributed by atoms with Crippen LogP contribution < -0.4 is 4.90 Å². The SMILES string of the molecule is CC(C)(C)OC(=O)N1CCC(C(=O)N2CCN(c3ccc(F)cc3F)CC2)C1. The van der Waals surface area contributed by atoms with Crippen LogP contribution in [0, 0.1) is 17.6 Å². The van der Waals surface area contributed by atoms with E-state index in [-0.39, 0.29) is 17.9 Å². The minimum atomic E-state index is -0.606. The minimum Gasteiger partial charge on any atom is -0.444 e. The molecule has 0 bridgehead atoms. The first-order valence-corrected chi connectivity index (χ1v) is 9.61. The molecule has 3 rings (SSSR count). The van der Waals surface area contributed by atoms with Gasteiger partial charge in [0.15, 0.2) is 0 Å². The summed E-state index contributed by atoms with van der Waals surface area (Å²) >= 11 is 0. The zero-order valence-corrected chi connectivity index (χ0v) is 16.6. The minimum absolute atomic E-state index is 0.0188. The van der Waals surface area contributed by atoms with E-state index in [4.69, 9.17) is 4.74 Å². The van der Waals surface area contributed by atoms with Crippen LogP contribution in [0.2, 0.25) is 0 Å². The first-order chi connectivity index (χ1) is 13.1. The van der Waals surface area contributed by atoms with Crippen molar-refractivity contribution < 1.29 is 23.1 Å². The Balaban J connectivity index is 1.52. The van der Waals surface area contributed by atoms with Gasteiger partial charge in [0.1, 0.15) is 17.2 Å². The summed E-state index contributed by atoms with van der Waals surface area (Å²) < 4.78 is 32.4. The third-order valence-corrected chi connectivity index (χ3v) is 5.03. The lowest BCUT2D eigenvalue weighted by Crippen LogP contribution is -2.51. The highest BCUT2D eigenvalue weighted by Gasteiger charge is 2.36. The van der Waals surface area contributed by atoms with Crippen molar-refractivity contribution in [2.75, 3.05) is 44.2 Å². The van der Waals surface area contributed by atoms with E-state index in [2.05, 4.69) is 0 Å². The fraction of sp³-hybridized carbons (Fsp3) is 0.600. The number of ether oxygens (including phenoxy) is 1. The first-order valence-electron chi connectivity index (χ1n) is 9.61. The van der Waals surface area contributed by atoms with Crippen molar-refractivity contribution in [2.24, 2.45) is 5.92 Å². The average molecular weight is 395 g/mol. The van der Waals surface area contributed by atoms with Crippen LogP contribution in [0.3, 0.4) is 0 Å². The molecule has 0 spiro atoms. The number of piperazine rings is 1. The van der Waals surface area contributed by atoms with E-state index in [1.54, 1.807) is 9.80 Å². The molecule has 0 aromatic heterocycles. The van der Waals surface area contributed by atoms with Gasteiger partial charge in [0, 0.05) is 45.3 Å². The van der Waals surface area contributed by atoms with Gasteiger partial charge in [-0.05, 0) is 39.3 Å². The quantitative estimate of drug-likeness (QED) is 0.773. The molecule has 2 saturated heterocycles. The van der Waals surface area contributed by atoms with Gasteiger partial charge in [-0.3, -0.25) is 4.79 Å². The van der Waals surface area contributed by atoms with Crippen molar-refractivity contribution in [2.45, 2.75) is 32.8 Å². The van der Waals surface area contributed by atoms with E-state index < -0.39 is 17.2 Å². The maximum absolute atomic E-state index is 14.0. The molecule has 2 heterocycles. The molecule has 1 aromatic carbocycles. The number of halogens is 2. The Morgan fingerprint density at radius 1 is 1.04 bits per heavy atom. The highest BCUT2D eigenvalue weighted by Crippen LogP contribution is 2.24. The molecule has 28 heavy (non-hydrogen) atoms. The highest BCUT2D eigenvalue weighted by molar-refractivity contribution is 5.81. The number of rotatable bonds is 2. The third-order valence-electron chi connectivity index (χ3n) is 5.03. The molecule has 0 N–H and O–H groups in total. The van der Waals surface area contributed by atoms with Crippen LogP contribution in [0.25, 0.3) is 0 Å². The maximum Gasteiger partial charge on any atom is 0.410 e. The fourth-order valence-electron chi connectivity index (χ4n) is 3.62. The van der Waals surface area contributed by atoms with Gasteiger partial charge >= 0.3 is 6.09 Å². The van der Waals surface area contributed by atoms with Crippen molar-refractivity contribution in [1.82, 2.24) is 9.80 Å². The van der Waals surface area contributed by atoms with E-state index in [1.165, 1.54) is 12.1 Å². The van der Waals surface area contributed by atoms with Crippen molar-refractivity contribution in [3.8, 4) is 0 Å². The smallest absolute Gasteiger partial charge is 0.410 e. The molecule has 8 heteroatoms. The molecule has 2 aliphatic heterocycles. The predicted molar refractivity (Wildman–Crippen MR) is 101 cm³/mol. The largest absolute Gasteiger partial charge is 0.444 e. The van der Waals surface area contributed by atoms with Crippen LogP contribution in [0.4, 0.5) is 19.3 Å². The highest BCUT2D eigenvalue weighted by atomic mass is 19.1. The summed E-state index contributed by atoms with van der Waals surface area (Å²) in [6.45, 7) is 8.21. The summed E-state index contributed by atoms with van der Waals surface area (Å²) in [4.78, 5) is 30.2. The van der Waals surface area contributed by atoms with Crippen LogP contribution in [0.1, 0.15) is 27.2 Å². The summed E-state index contributed by atoms with van der Waals surface area (Å²) in [5.74, 6) is -1.42. The van der Waals surface area contributed by atoms with E-state index in [9.17, 15) is 18.4 Å². The van der Waals surface area contributed by atoms with Crippen molar-refractivity contribution in [3.05, 3.63) is 29.8 Å². The summed E-state index contributed by atoms with van der Waals surface area (Å²) in [6, 6.07) is 3.54. The first kappa shape index (κ1) is 20.4. The Bertz CT molecular complexity index is 743. The second kappa shape index (κ2) is 7.93. The van der Waals surface area contributed by atoms with Crippen LogP contribution in [0.5, 0.6) is 0 Å². The summed E-state index contributed by atoms with van der Waals surface area (Å²) in [5, 5.41) is 0. The van der Waals surface area contributed by atoms with Gasteiger partial charge in [-0.15, -0.1) is 0 Å². The lowest BCUT2D eigenvalue weighted by Gasteiger charge is -2.37. The predicted octanol–water partition coefficient (Wildman–Crippen LogP) is 2.87. The third kappa shape index (κ3) is 4.72. The fourth-order valence-corrected chi connectivity index (χ4v) is 3.62. The molecular weight excluding hydrogens is 368 g/mol. The Kier molecular flexibility index (Phi) is 5.76. The second-order valence-corrected chi connectivity index (χ2v) is 8.32. The number of carbonyl (C=O) groups is 2. The second-order valence-electron chi connectivity index (χ2n) is 8.32. The molecule has 0 aliphatic carbocycles. The number of benzene rings is 1. The van der Waals surface area contributed by atoms with E-state index >= 15 is 0 Å². The zero-order valence-electron chi connectivity index (χ0n) is 16.6. The number of hydrogen-bond acceptors (Lipinski definition) is 4. The summed E-state index contributed by atoms with van der Waals surface area (Å²) in [6.07, 6.45) is 0.227. The number of nitrogens with zero attached hydrogens (tertiary/aromatic N) is 3. The number of anilines is 1. The lowest BCUT2D eigenvalue weighted by molar-refractivity contribution is -0.135. The summed E-state index contributed by atoms with van der Waals surface area (Å²) in [5.41, 5.74) is -0.212. The average Bonchev–Trinajstić information content (AvgIpc) is 3.10. The van der Waals surface area contributed by atoms with Crippen molar-refractivity contribution >= 4 is 17.7 Å². The lowest BCUT2D eigenvalue weighted by atomic mass is 10.1. The molecule has 154 valence electrons. The van der Waals surface area contributed by atoms with Gasteiger partial charge in [-0.25, -0.2) is 13.6 Å². The van der Waals surface area contributed by atoms with Gasteiger partial charge in [-0.1, -0.05) is 0 Å². The van der Waals surface area contributed by atoms with Gasteiger partial charge < -0.3 is 19.4 Å². The topological polar surface area (TPSA) is 53.1 Å². The molecule has 1 atom stereocenters. The molecule has 2 aliphatic rings. The molecule has 0 radical (unpaired) electrons. The Labute approximate surface area is 164 Å².